The highest BCUT2D eigenvalue weighted by atomic mass is 16.3. The van der Waals surface area contributed by atoms with Crippen LogP contribution in [-0.2, 0) is 11.2 Å². The number of nitrogens with zero attached hydrogens (tertiary/aromatic N) is 1. The van der Waals surface area contributed by atoms with Crippen LogP contribution < -0.4 is 0 Å². The van der Waals surface area contributed by atoms with Crippen LogP contribution in [0.3, 0.4) is 0 Å². The second-order valence-corrected chi connectivity index (χ2v) is 2.99. The van der Waals surface area contributed by atoms with Crippen LogP contribution in [0.15, 0.2) is 12.1 Å². The molecule has 0 aliphatic carbocycles. The van der Waals surface area contributed by atoms with Gasteiger partial charge in [0.2, 0.25) is 0 Å². The van der Waals surface area contributed by atoms with Crippen molar-refractivity contribution in [2.24, 2.45) is 0 Å². The maximum absolute atomic E-state index is 10.8. The number of hydrogen-bond acceptors (Lipinski definition) is 4. The molecule has 0 saturated heterocycles. The Bertz CT molecular complexity index is 418. The van der Waals surface area contributed by atoms with Crippen molar-refractivity contribution >= 4 is 5.78 Å². The first-order chi connectivity index (χ1) is 6.54. The van der Waals surface area contributed by atoms with E-state index >= 15 is 0 Å². The topological polar surface area (TPSA) is 81.3 Å². The van der Waals surface area contributed by atoms with E-state index in [0.717, 1.165) is 6.07 Å². The van der Waals surface area contributed by atoms with Crippen molar-refractivity contribution in [3.8, 4) is 17.6 Å². The molecule has 14 heavy (non-hydrogen) atoms. The third kappa shape index (κ3) is 2.02. The van der Waals surface area contributed by atoms with Crippen LogP contribution in [-0.4, -0.2) is 16.0 Å². The predicted octanol–water partition coefficient (Wildman–Crippen LogP) is 1.10. The molecule has 0 atom stereocenters. The average Bonchev–Trinajstić information content (AvgIpc) is 2.09. The van der Waals surface area contributed by atoms with E-state index in [1.54, 1.807) is 6.07 Å². The molecule has 0 aliphatic heterocycles. The summed E-state index contributed by atoms with van der Waals surface area (Å²) in [5, 5.41) is 27.1. The lowest BCUT2D eigenvalue weighted by molar-refractivity contribution is -0.116. The SMILES string of the molecule is CC(=O)Cc1cc(C#N)c(O)cc1O. The van der Waals surface area contributed by atoms with Crippen molar-refractivity contribution < 1.29 is 15.0 Å². The summed E-state index contributed by atoms with van der Waals surface area (Å²) in [6.07, 6.45) is 0.0563. The highest BCUT2D eigenvalue weighted by Gasteiger charge is 2.09. The second-order valence-electron chi connectivity index (χ2n) is 2.99. The van der Waals surface area contributed by atoms with Crippen molar-refractivity contribution in [1.82, 2.24) is 0 Å². The summed E-state index contributed by atoms with van der Waals surface area (Å²) in [7, 11) is 0. The van der Waals surface area contributed by atoms with Crippen molar-refractivity contribution in [3.63, 3.8) is 0 Å². The van der Waals surface area contributed by atoms with E-state index in [1.165, 1.54) is 13.0 Å². The van der Waals surface area contributed by atoms with Crippen LogP contribution in [0.2, 0.25) is 0 Å². The van der Waals surface area contributed by atoms with Gasteiger partial charge in [-0.1, -0.05) is 0 Å². The molecule has 0 aromatic heterocycles. The van der Waals surface area contributed by atoms with Crippen LogP contribution in [0, 0.1) is 11.3 Å². The van der Waals surface area contributed by atoms with Gasteiger partial charge in [-0.05, 0) is 13.0 Å². The highest BCUT2D eigenvalue weighted by Crippen LogP contribution is 2.27. The van der Waals surface area contributed by atoms with Gasteiger partial charge in [-0.2, -0.15) is 5.26 Å². The molecule has 1 aromatic carbocycles. The summed E-state index contributed by atoms with van der Waals surface area (Å²) in [5.74, 6) is -0.566. The van der Waals surface area contributed by atoms with Gasteiger partial charge < -0.3 is 10.2 Å². The van der Waals surface area contributed by atoms with Crippen molar-refractivity contribution in [3.05, 3.63) is 23.3 Å². The summed E-state index contributed by atoms with van der Waals surface area (Å²) in [6.45, 7) is 1.39. The zero-order valence-electron chi connectivity index (χ0n) is 7.61. The number of nitriles is 1. The number of carbonyl (C=O) groups is 1. The molecule has 0 radical (unpaired) electrons. The lowest BCUT2D eigenvalue weighted by Crippen LogP contribution is -1.97. The minimum atomic E-state index is -0.280. The van der Waals surface area contributed by atoms with Gasteiger partial charge in [0.25, 0.3) is 0 Å². The van der Waals surface area contributed by atoms with Gasteiger partial charge in [-0.25, -0.2) is 0 Å². The number of phenolic OH excluding ortho intramolecular Hbond substituents is 2. The quantitative estimate of drug-likeness (QED) is 0.733. The number of rotatable bonds is 2. The fourth-order valence-corrected chi connectivity index (χ4v) is 1.12. The number of phenols is 2. The molecule has 0 aliphatic rings. The summed E-state index contributed by atoms with van der Waals surface area (Å²) >= 11 is 0. The Balaban J connectivity index is 3.19. The summed E-state index contributed by atoms with van der Waals surface area (Å²) in [5.41, 5.74) is 0.408. The standard InChI is InChI=1S/C10H9NO3/c1-6(12)2-7-3-8(5-11)10(14)4-9(7)13/h3-4,13-14H,2H2,1H3. The number of carbonyl (C=O) groups excluding carboxylic acids is 1. The van der Waals surface area contributed by atoms with E-state index in [9.17, 15) is 15.0 Å². The van der Waals surface area contributed by atoms with Gasteiger partial charge in [0.1, 0.15) is 23.4 Å². The minimum absolute atomic E-state index is 0.0547. The molecule has 0 heterocycles. The summed E-state index contributed by atoms with van der Waals surface area (Å²) in [4.78, 5) is 10.8. The zero-order valence-corrected chi connectivity index (χ0v) is 7.61. The van der Waals surface area contributed by atoms with Gasteiger partial charge >= 0.3 is 0 Å². The van der Waals surface area contributed by atoms with Crippen molar-refractivity contribution in [2.75, 3.05) is 0 Å². The molecule has 72 valence electrons. The molecule has 0 spiro atoms. The smallest absolute Gasteiger partial charge is 0.137 e. The van der Waals surface area contributed by atoms with E-state index in [2.05, 4.69) is 0 Å². The average molecular weight is 191 g/mol. The van der Waals surface area contributed by atoms with Gasteiger partial charge in [-0.15, -0.1) is 0 Å². The fraction of sp³-hybridized carbons (Fsp3) is 0.200. The maximum atomic E-state index is 10.8. The van der Waals surface area contributed by atoms with E-state index in [4.69, 9.17) is 5.26 Å². The minimum Gasteiger partial charge on any atom is -0.508 e. The van der Waals surface area contributed by atoms with Crippen LogP contribution in [0.4, 0.5) is 0 Å². The highest BCUT2D eigenvalue weighted by molar-refractivity contribution is 5.79. The lowest BCUT2D eigenvalue weighted by atomic mass is 10.0. The third-order valence-electron chi connectivity index (χ3n) is 1.76. The Labute approximate surface area is 81.0 Å². The Morgan fingerprint density at radius 1 is 1.43 bits per heavy atom. The zero-order chi connectivity index (χ0) is 10.7. The van der Waals surface area contributed by atoms with Crippen LogP contribution >= 0.6 is 0 Å². The molecule has 1 rings (SSSR count). The number of benzene rings is 1. The van der Waals surface area contributed by atoms with Crippen molar-refractivity contribution in [2.45, 2.75) is 13.3 Å². The van der Waals surface area contributed by atoms with E-state index in [1.807, 2.05) is 0 Å². The van der Waals surface area contributed by atoms with E-state index in [0.29, 0.717) is 5.56 Å². The normalized spacial score (nSPS) is 9.43. The van der Waals surface area contributed by atoms with E-state index in [-0.39, 0.29) is 29.3 Å². The summed E-state index contributed by atoms with van der Waals surface area (Å²) in [6, 6.07) is 4.14. The Morgan fingerprint density at radius 3 is 2.57 bits per heavy atom. The number of aromatic hydroxyl groups is 2. The molecular weight excluding hydrogens is 182 g/mol. The van der Waals surface area contributed by atoms with Gasteiger partial charge in [0.05, 0.1) is 5.56 Å². The largest absolute Gasteiger partial charge is 0.508 e. The monoisotopic (exact) mass is 191 g/mol. The molecule has 4 heteroatoms. The van der Waals surface area contributed by atoms with Crippen LogP contribution in [0.25, 0.3) is 0 Å². The van der Waals surface area contributed by atoms with Crippen LogP contribution in [0.5, 0.6) is 11.5 Å². The number of hydrogen-bond donors (Lipinski definition) is 2. The molecule has 0 amide bonds. The molecule has 2 N–H and O–H groups in total. The Kier molecular flexibility index (Phi) is 2.73. The molecule has 4 nitrogen and oxygen atoms in total. The maximum Gasteiger partial charge on any atom is 0.137 e. The van der Waals surface area contributed by atoms with E-state index < -0.39 is 0 Å². The fourth-order valence-electron chi connectivity index (χ4n) is 1.12. The first kappa shape index (κ1) is 10.1. The van der Waals surface area contributed by atoms with Gasteiger partial charge in [-0.3, -0.25) is 4.79 Å². The van der Waals surface area contributed by atoms with Gasteiger partial charge in [0, 0.05) is 18.1 Å². The molecule has 0 fully saturated rings. The number of Topliss-reactive ketones (excluding diaryl/α,β-unsaturated/α-hetero) is 1. The molecule has 0 bridgehead atoms. The third-order valence-corrected chi connectivity index (χ3v) is 1.76. The predicted molar refractivity (Wildman–Crippen MR) is 48.9 cm³/mol. The molecule has 0 saturated carbocycles. The van der Waals surface area contributed by atoms with Crippen molar-refractivity contribution in [1.29, 1.82) is 5.26 Å². The Hall–Kier alpha value is -2.02. The van der Waals surface area contributed by atoms with Gasteiger partial charge in [0.15, 0.2) is 0 Å². The first-order valence-electron chi connectivity index (χ1n) is 3.99. The molecule has 0 unspecified atom stereocenters. The number of ketones is 1. The first-order valence-corrected chi connectivity index (χ1v) is 3.99. The Morgan fingerprint density at radius 2 is 2.07 bits per heavy atom. The molecular formula is C10H9NO3. The van der Waals surface area contributed by atoms with Crippen LogP contribution in [0.1, 0.15) is 18.1 Å². The lowest BCUT2D eigenvalue weighted by Gasteiger charge is -2.04. The second kappa shape index (κ2) is 3.79. The summed E-state index contributed by atoms with van der Waals surface area (Å²) < 4.78 is 0. The molecule has 1 aromatic rings.